The summed E-state index contributed by atoms with van der Waals surface area (Å²) >= 11 is 0. The normalized spacial score (nSPS) is 13.7. The summed E-state index contributed by atoms with van der Waals surface area (Å²) in [5, 5.41) is 16.0. The molecule has 17 nitrogen and oxygen atoms in total. The molecule has 3 atom stereocenters. The van der Waals surface area contributed by atoms with Crippen molar-refractivity contribution in [2.24, 2.45) is 5.73 Å². The first-order valence-corrected chi connectivity index (χ1v) is 17.4. The van der Waals surface area contributed by atoms with E-state index >= 15 is 0 Å². The smallest absolute Gasteiger partial charge is 0.408 e. The second kappa shape index (κ2) is 21.4. The fraction of sp³-hybridized carbons (Fsp3) is 0.824. The molecule has 0 saturated carbocycles. The maximum absolute atomic E-state index is 13.4. The molecule has 0 saturated heterocycles. The molecule has 0 rings (SSSR count). The number of hydrogen-bond acceptors (Lipinski definition) is 11. The number of amides is 6. The maximum Gasteiger partial charge on any atom is 0.408 e. The zero-order chi connectivity index (χ0) is 39.6. The summed E-state index contributed by atoms with van der Waals surface area (Å²) in [4.78, 5) is 75.7. The molecule has 0 bridgehead atoms. The Balaban J connectivity index is 5.54. The number of nitrogens with two attached hydrogens (primary N) is 1. The molecule has 0 fully saturated rings. The Labute approximate surface area is 303 Å². The van der Waals surface area contributed by atoms with Crippen molar-refractivity contribution in [1.29, 1.82) is 0 Å². The highest BCUT2D eigenvalue weighted by atomic mass is 16.6. The van der Waals surface area contributed by atoms with Gasteiger partial charge in [0.05, 0.1) is 0 Å². The lowest BCUT2D eigenvalue weighted by atomic mass is 10.1. The molecular weight excluding hydrogens is 666 g/mol. The van der Waals surface area contributed by atoms with Gasteiger partial charge in [-0.25, -0.2) is 19.2 Å². The predicted octanol–water partition coefficient (Wildman–Crippen LogP) is 3.33. The fourth-order valence-corrected chi connectivity index (χ4v) is 4.14. The Morgan fingerprint density at radius 2 is 0.863 bits per heavy atom. The third-order valence-electron chi connectivity index (χ3n) is 6.08. The summed E-state index contributed by atoms with van der Waals surface area (Å²) in [5.74, 6) is -1.03. The molecule has 51 heavy (non-hydrogen) atoms. The van der Waals surface area contributed by atoms with Gasteiger partial charge in [0.25, 0.3) is 0 Å². The van der Waals surface area contributed by atoms with Crippen molar-refractivity contribution in [1.82, 2.24) is 31.9 Å². The monoisotopic (exact) mass is 731 g/mol. The van der Waals surface area contributed by atoms with Crippen molar-refractivity contribution in [2.45, 2.75) is 156 Å². The third kappa shape index (κ3) is 26.5. The van der Waals surface area contributed by atoms with Gasteiger partial charge in [0.15, 0.2) is 0 Å². The summed E-state index contributed by atoms with van der Waals surface area (Å²) in [6, 6.07) is -2.59. The average Bonchev–Trinajstić information content (AvgIpc) is 2.90. The number of alkyl carbamates (subject to hydrolysis) is 4. The van der Waals surface area contributed by atoms with Crippen molar-refractivity contribution in [3.63, 3.8) is 0 Å². The molecule has 0 aliphatic heterocycles. The van der Waals surface area contributed by atoms with Crippen LogP contribution in [0.25, 0.3) is 0 Å². The van der Waals surface area contributed by atoms with Crippen LogP contribution in [0.1, 0.15) is 115 Å². The third-order valence-corrected chi connectivity index (χ3v) is 6.08. The lowest BCUT2D eigenvalue weighted by molar-refractivity contribution is -0.123. The molecule has 0 aromatic carbocycles. The maximum atomic E-state index is 13.4. The number of hydrogen-bond donors (Lipinski definition) is 7. The van der Waals surface area contributed by atoms with Crippen LogP contribution in [0.2, 0.25) is 0 Å². The zero-order valence-electron chi connectivity index (χ0n) is 32.8. The number of rotatable bonds is 17. The van der Waals surface area contributed by atoms with E-state index in [0.29, 0.717) is 12.8 Å². The first-order valence-electron chi connectivity index (χ1n) is 17.4. The minimum Gasteiger partial charge on any atom is -0.444 e. The molecule has 0 aromatic rings. The quantitative estimate of drug-likeness (QED) is 0.0846. The van der Waals surface area contributed by atoms with Crippen LogP contribution in [0, 0.1) is 0 Å². The van der Waals surface area contributed by atoms with Gasteiger partial charge < -0.3 is 56.6 Å². The van der Waals surface area contributed by atoms with Gasteiger partial charge in [0.1, 0.15) is 34.5 Å². The van der Waals surface area contributed by atoms with Crippen molar-refractivity contribution >= 4 is 36.2 Å². The standard InChI is InChI=1S/C34H65N7O10/c1-31(2,3)48-27(44)37-20-13-15-22(39-28(45)49-32(4,5)6)21-38-26(43)23(40-29(46)50-33(7,8)9)16-14-19-36-25(42)24(17-18-35)41-30(47)51-34(10,11)12/h22-24H,13-21,35H2,1-12H3,(H,36,42)(H,37,44)(H,38,43)(H,39,45)(H,40,46)(H,41,47)/t22-,23-,24-/m0/s1. The van der Waals surface area contributed by atoms with Crippen LogP contribution in [-0.4, -0.2) is 103 Å². The Morgan fingerprint density at radius 1 is 0.490 bits per heavy atom. The van der Waals surface area contributed by atoms with E-state index in [2.05, 4.69) is 31.9 Å². The topological polar surface area (TPSA) is 238 Å². The highest BCUT2D eigenvalue weighted by molar-refractivity contribution is 5.86. The minimum absolute atomic E-state index is 0.0230. The van der Waals surface area contributed by atoms with Gasteiger partial charge >= 0.3 is 24.4 Å². The first kappa shape index (κ1) is 47.0. The van der Waals surface area contributed by atoms with Crippen LogP contribution in [-0.2, 0) is 28.5 Å². The van der Waals surface area contributed by atoms with Crippen LogP contribution < -0.4 is 37.6 Å². The molecule has 17 heteroatoms. The Bertz CT molecular complexity index is 1140. The van der Waals surface area contributed by atoms with Gasteiger partial charge in [-0.2, -0.15) is 0 Å². The molecule has 0 heterocycles. The molecule has 0 aliphatic carbocycles. The second-order valence-electron chi connectivity index (χ2n) is 16.1. The van der Waals surface area contributed by atoms with Gasteiger partial charge in [-0.05, 0) is 122 Å². The zero-order valence-corrected chi connectivity index (χ0v) is 32.8. The SMILES string of the molecule is CC(C)(C)OC(=O)NCCC[C@@H](CNC(=O)[C@H](CCCNC(=O)[C@H](CCN)NC(=O)OC(C)(C)C)NC(=O)OC(C)(C)C)NC(=O)OC(C)(C)C. The Morgan fingerprint density at radius 3 is 1.31 bits per heavy atom. The summed E-state index contributed by atoms with van der Waals surface area (Å²) in [6.07, 6.45) is -1.50. The van der Waals surface area contributed by atoms with E-state index < -0.39 is 76.7 Å². The molecule has 0 aromatic heterocycles. The highest BCUT2D eigenvalue weighted by Crippen LogP contribution is 2.11. The van der Waals surface area contributed by atoms with Crippen molar-refractivity contribution in [3.05, 3.63) is 0 Å². The van der Waals surface area contributed by atoms with E-state index in [1.165, 1.54) is 0 Å². The summed E-state index contributed by atoms with van der Waals surface area (Å²) in [7, 11) is 0. The Kier molecular flexibility index (Phi) is 19.7. The molecule has 0 unspecified atom stereocenters. The van der Waals surface area contributed by atoms with Gasteiger partial charge in [-0.3, -0.25) is 9.59 Å². The highest BCUT2D eigenvalue weighted by Gasteiger charge is 2.27. The molecule has 6 amide bonds. The lowest BCUT2D eigenvalue weighted by Crippen LogP contribution is -2.52. The van der Waals surface area contributed by atoms with Gasteiger partial charge in [-0.1, -0.05) is 0 Å². The van der Waals surface area contributed by atoms with E-state index in [0.717, 1.165) is 0 Å². The Hall–Kier alpha value is -4.02. The number of ether oxygens (including phenoxy) is 4. The lowest BCUT2D eigenvalue weighted by Gasteiger charge is -2.26. The average molecular weight is 732 g/mol. The van der Waals surface area contributed by atoms with Crippen molar-refractivity contribution < 1.29 is 47.7 Å². The van der Waals surface area contributed by atoms with Crippen LogP contribution in [0.5, 0.6) is 0 Å². The molecule has 8 N–H and O–H groups in total. The van der Waals surface area contributed by atoms with Crippen LogP contribution in [0.3, 0.4) is 0 Å². The predicted molar refractivity (Wildman–Crippen MR) is 192 cm³/mol. The molecule has 296 valence electrons. The molecule has 0 aliphatic rings. The fourth-order valence-electron chi connectivity index (χ4n) is 4.14. The largest absolute Gasteiger partial charge is 0.444 e. The van der Waals surface area contributed by atoms with E-state index in [-0.39, 0.29) is 45.4 Å². The van der Waals surface area contributed by atoms with E-state index in [1.807, 2.05) is 0 Å². The summed E-state index contributed by atoms with van der Waals surface area (Å²) < 4.78 is 21.2. The van der Waals surface area contributed by atoms with Crippen molar-refractivity contribution in [3.8, 4) is 0 Å². The molecular formula is C34H65N7O10. The first-order chi connectivity index (χ1) is 23.2. The summed E-state index contributed by atoms with van der Waals surface area (Å²) in [5.41, 5.74) is 2.64. The van der Waals surface area contributed by atoms with Gasteiger partial charge in [0.2, 0.25) is 11.8 Å². The van der Waals surface area contributed by atoms with E-state index in [4.69, 9.17) is 24.7 Å². The van der Waals surface area contributed by atoms with E-state index in [1.54, 1.807) is 83.1 Å². The van der Waals surface area contributed by atoms with Gasteiger partial charge in [0, 0.05) is 25.7 Å². The van der Waals surface area contributed by atoms with Crippen LogP contribution >= 0.6 is 0 Å². The second-order valence-corrected chi connectivity index (χ2v) is 16.1. The van der Waals surface area contributed by atoms with Crippen LogP contribution in [0.15, 0.2) is 0 Å². The van der Waals surface area contributed by atoms with E-state index in [9.17, 15) is 28.8 Å². The number of carbonyl (C=O) groups excluding carboxylic acids is 6. The van der Waals surface area contributed by atoms with Crippen LogP contribution in [0.4, 0.5) is 19.2 Å². The molecule has 0 spiro atoms. The minimum atomic E-state index is -1.06. The van der Waals surface area contributed by atoms with Gasteiger partial charge in [-0.15, -0.1) is 0 Å². The number of carbonyl (C=O) groups is 6. The number of nitrogens with one attached hydrogen (secondary N) is 6. The molecule has 0 radical (unpaired) electrons. The summed E-state index contributed by atoms with van der Waals surface area (Å²) in [6.45, 7) is 21.1. The van der Waals surface area contributed by atoms with Crippen molar-refractivity contribution in [2.75, 3.05) is 26.2 Å².